The second kappa shape index (κ2) is 19.9. The highest BCUT2D eigenvalue weighted by molar-refractivity contribution is 5.82. The Bertz CT molecular complexity index is 1930. The Kier molecular flexibility index (Phi) is 16.3. The van der Waals surface area contributed by atoms with Gasteiger partial charge in [-0.05, 0) is 120 Å². The Balaban J connectivity index is 2.29. The normalized spacial score (nSPS) is 13.0. The molecule has 0 bridgehead atoms. The molecular weight excluding hydrogens is 743 g/mol. The molecule has 2 aromatic carbocycles. The molecule has 3 rings (SSSR count). The highest BCUT2D eigenvalue weighted by Gasteiger charge is 2.39. The topological polar surface area (TPSA) is 80.6 Å². The van der Waals surface area contributed by atoms with Gasteiger partial charge in [0.25, 0.3) is 5.56 Å². The maximum absolute atomic E-state index is 16.3. The number of amides is 1. The highest BCUT2D eigenvalue weighted by atomic mass is 19.4. The third-order valence-corrected chi connectivity index (χ3v) is 9.31. The number of carbonyl (C=O) groups is 2. The number of aromatic nitrogens is 1. The summed E-state index contributed by atoms with van der Waals surface area (Å²) in [7, 11) is 3.30. The summed E-state index contributed by atoms with van der Waals surface area (Å²) in [5, 5.41) is 2.48. The van der Waals surface area contributed by atoms with Crippen molar-refractivity contribution >= 4 is 11.9 Å². The smallest absolute Gasteiger partial charge is 0.419 e. The first-order valence-corrected chi connectivity index (χ1v) is 18.4. The van der Waals surface area contributed by atoms with Gasteiger partial charge in [-0.2, -0.15) is 26.3 Å². The number of allylic oxidation sites excluding steroid dienone is 2. The second-order valence-electron chi connectivity index (χ2n) is 14.0. The van der Waals surface area contributed by atoms with Gasteiger partial charge < -0.3 is 19.5 Å². The molecule has 1 heterocycles. The van der Waals surface area contributed by atoms with Crippen LogP contribution in [0.3, 0.4) is 0 Å². The third-order valence-electron chi connectivity index (χ3n) is 9.31. The number of alkyl halides is 6. The summed E-state index contributed by atoms with van der Waals surface area (Å²) in [5.74, 6) is -3.74. The van der Waals surface area contributed by atoms with E-state index in [2.05, 4.69) is 18.5 Å². The molecule has 14 heteroatoms. The van der Waals surface area contributed by atoms with Crippen LogP contribution in [0.2, 0.25) is 0 Å². The van der Waals surface area contributed by atoms with E-state index >= 15 is 4.39 Å². The van der Waals surface area contributed by atoms with Gasteiger partial charge in [-0.1, -0.05) is 29.8 Å². The van der Waals surface area contributed by atoms with Gasteiger partial charge in [0.15, 0.2) is 0 Å². The van der Waals surface area contributed by atoms with Crippen molar-refractivity contribution in [1.29, 1.82) is 0 Å². The molecule has 0 aliphatic rings. The molecule has 0 saturated carbocycles. The van der Waals surface area contributed by atoms with Crippen molar-refractivity contribution in [2.45, 2.75) is 96.6 Å². The van der Waals surface area contributed by atoms with Gasteiger partial charge in [-0.25, -0.2) is 4.39 Å². The number of ether oxygens (including phenoxy) is 1. The van der Waals surface area contributed by atoms with Crippen molar-refractivity contribution < 1.29 is 45.1 Å². The minimum absolute atomic E-state index is 0.000698. The molecule has 0 unspecified atom stereocenters. The molecule has 1 aromatic heterocycles. The molecule has 0 spiro atoms. The second-order valence-corrected chi connectivity index (χ2v) is 14.0. The summed E-state index contributed by atoms with van der Waals surface area (Å²) in [6.45, 7) is 12.4. The Labute approximate surface area is 323 Å². The summed E-state index contributed by atoms with van der Waals surface area (Å²) in [6.07, 6.45) is -4.29. The number of pyridine rings is 1. The van der Waals surface area contributed by atoms with Crippen LogP contribution in [0.1, 0.15) is 96.5 Å². The van der Waals surface area contributed by atoms with E-state index in [0.717, 1.165) is 34.7 Å². The summed E-state index contributed by atoms with van der Waals surface area (Å²) < 4.78 is 108. The van der Waals surface area contributed by atoms with E-state index in [1.165, 1.54) is 19.1 Å². The predicted octanol–water partition coefficient (Wildman–Crippen LogP) is 9.63. The number of aryl methyl sites for hydroxylation is 3. The molecule has 3 aromatic rings. The lowest BCUT2D eigenvalue weighted by atomic mass is 9.87. The Hall–Kier alpha value is -4.72. The Morgan fingerprint density at radius 3 is 2.16 bits per heavy atom. The molecule has 0 fully saturated rings. The lowest BCUT2D eigenvalue weighted by Gasteiger charge is -2.27. The number of hydrogen-bond acceptors (Lipinski definition) is 5. The number of carbonyl (C=O) groups excluding carboxylic acids is 2. The SMILES string of the molecule is C=CCCCCc1cc(C)cc(C)c1-c1cc([C@H](CC(=O)OCC)NC(=O)[C@H](CCC=C)n2cc(CCN(C)C)c(C(F)(F)F)cc2=O)c(F)c(C(F)(F)F)c1. The number of halogens is 7. The fourth-order valence-electron chi connectivity index (χ4n) is 6.73. The van der Waals surface area contributed by atoms with Gasteiger partial charge in [0.1, 0.15) is 11.9 Å². The van der Waals surface area contributed by atoms with E-state index in [4.69, 9.17) is 4.74 Å². The number of nitrogens with zero attached hydrogens (tertiary/aromatic N) is 2. The largest absolute Gasteiger partial charge is 0.466 e. The van der Waals surface area contributed by atoms with Crippen LogP contribution in [-0.2, 0) is 39.5 Å². The third kappa shape index (κ3) is 12.1. The number of esters is 1. The van der Waals surface area contributed by atoms with Crippen LogP contribution in [0, 0.1) is 19.7 Å². The van der Waals surface area contributed by atoms with Crippen LogP contribution in [-0.4, -0.2) is 48.6 Å². The average Bonchev–Trinajstić information content (AvgIpc) is 3.09. The van der Waals surface area contributed by atoms with Gasteiger partial charge in [0.2, 0.25) is 5.91 Å². The standard InChI is InChI=1S/C42H50F7N3O4/c1-8-11-13-14-15-28-20-26(4)19-27(5)38(28)30-21-31(39(43)33(22-30)42(47,48)49)34(24-37(54)56-10-3)50-40(55)35(16-12-9-2)52-25-29(17-18-51(6)7)32(23-36(52)53)41(44,45)46/h8-9,19-23,25,34-35H,1-2,10-18,24H2,3-7H3,(H,50,55)/t34-,35-/m0/s1. The molecule has 7 nitrogen and oxygen atoms in total. The lowest BCUT2D eigenvalue weighted by molar-refractivity contribution is -0.144. The van der Waals surface area contributed by atoms with Crippen LogP contribution >= 0.6 is 0 Å². The maximum atomic E-state index is 16.3. The first kappa shape index (κ1) is 45.7. The van der Waals surface area contributed by atoms with Crippen molar-refractivity contribution in [1.82, 2.24) is 14.8 Å². The van der Waals surface area contributed by atoms with E-state index in [0.29, 0.717) is 36.1 Å². The molecule has 1 N–H and O–H groups in total. The number of likely N-dealkylation sites (N-methyl/N-ethyl adjacent to an activating group) is 1. The van der Waals surface area contributed by atoms with E-state index in [9.17, 15) is 40.7 Å². The van der Waals surface area contributed by atoms with Gasteiger partial charge >= 0.3 is 18.3 Å². The zero-order chi connectivity index (χ0) is 42.0. The van der Waals surface area contributed by atoms with Crippen molar-refractivity contribution in [3.63, 3.8) is 0 Å². The van der Waals surface area contributed by atoms with Crippen molar-refractivity contribution in [3.8, 4) is 11.1 Å². The van der Waals surface area contributed by atoms with Crippen LogP contribution < -0.4 is 10.9 Å². The Morgan fingerprint density at radius 2 is 1.57 bits per heavy atom. The number of nitrogens with one attached hydrogen (secondary N) is 1. The zero-order valence-corrected chi connectivity index (χ0v) is 32.4. The van der Waals surface area contributed by atoms with Crippen molar-refractivity contribution in [2.24, 2.45) is 0 Å². The van der Waals surface area contributed by atoms with E-state index in [1.807, 2.05) is 13.0 Å². The molecular formula is C42H50F7N3O4. The van der Waals surface area contributed by atoms with Crippen LogP contribution in [0.4, 0.5) is 30.7 Å². The maximum Gasteiger partial charge on any atom is 0.419 e. The summed E-state index contributed by atoms with van der Waals surface area (Å²) in [4.78, 5) is 42.1. The van der Waals surface area contributed by atoms with Crippen LogP contribution in [0.15, 0.2) is 66.6 Å². The van der Waals surface area contributed by atoms with E-state index in [1.54, 1.807) is 38.1 Å². The molecule has 0 radical (unpaired) electrons. The van der Waals surface area contributed by atoms with Gasteiger partial charge in [-0.15, -0.1) is 13.2 Å². The van der Waals surface area contributed by atoms with E-state index in [-0.39, 0.29) is 43.5 Å². The zero-order valence-electron chi connectivity index (χ0n) is 32.4. The molecule has 306 valence electrons. The van der Waals surface area contributed by atoms with Crippen LogP contribution in [0.25, 0.3) is 11.1 Å². The Morgan fingerprint density at radius 1 is 0.911 bits per heavy atom. The minimum atomic E-state index is -5.20. The van der Waals surface area contributed by atoms with Crippen molar-refractivity contribution in [3.05, 3.63) is 117 Å². The number of unbranched alkanes of at least 4 members (excludes halogenated alkanes) is 2. The molecule has 2 atom stereocenters. The molecule has 0 aliphatic heterocycles. The molecule has 1 amide bonds. The first-order chi connectivity index (χ1) is 26.2. The molecule has 56 heavy (non-hydrogen) atoms. The average molecular weight is 794 g/mol. The van der Waals surface area contributed by atoms with Crippen molar-refractivity contribution in [2.75, 3.05) is 27.2 Å². The van der Waals surface area contributed by atoms with Crippen LogP contribution in [0.5, 0.6) is 0 Å². The quantitative estimate of drug-likeness (QED) is 0.0566. The number of rotatable bonds is 19. The summed E-state index contributed by atoms with van der Waals surface area (Å²) >= 11 is 0. The summed E-state index contributed by atoms with van der Waals surface area (Å²) in [5.41, 5.74) is -2.25. The fraction of sp³-hybridized carbons (Fsp3) is 0.452. The lowest BCUT2D eigenvalue weighted by Crippen LogP contribution is -2.40. The van der Waals surface area contributed by atoms with Gasteiger partial charge in [0, 0.05) is 24.4 Å². The number of hydrogen-bond donors (Lipinski definition) is 1. The fourth-order valence-corrected chi connectivity index (χ4v) is 6.73. The molecule has 0 saturated heterocycles. The molecule has 0 aliphatic carbocycles. The first-order valence-electron chi connectivity index (χ1n) is 18.4. The van der Waals surface area contributed by atoms with Gasteiger partial charge in [0.05, 0.1) is 30.2 Å². The van der Waals surface area contributed by atoms with E-state index < -0.39 is 70.8 Å². The number of benzene rings is 2. The predicted molar refractivity (Wildman–Crippen MR) is 203 cm³/mol. The van der Waals surface area contributed by atoms with Gasteiger partial charge in [-0.3, -0.25) is 14.4 Å². The minimum Gasteiger partial charge on any atom is -0.466 e. The highest BCUT2D eigenvalue weighted by Crippen LogP contribution is 2.41. The monoisotopic (exact) mass is 793 g/mol. The summed E-state index contributed by atoms with van der Waals surface area (Å²) in [6, 6.07) is 2.62.